The number of allylic oxidation sites excluding steroid dienone is 24. The summed E-state index contributed by atoms with van der Waals surface area (Å²) in [6.45, 7) is 6.37. The van der Waals surface area contributed by atoms with E-state index in [1.165, 1.54) is 109 Å². The summed E-state index contributed by atoms with van der Waals surface area (Å²) in [7, 11) is 0. The highest BCUT2D eigenvalue weighted by Gasteiger charge is 2.19. The molecule has 1 atom stereocenters. The smallest absolute Gasteiger partial charge is 0.306 e. The fraction of sp³-hybridized carbons (Fsp3) is 0.640. The molecule has 0 aliphatic heterocycles. The lowest BCUT2D eigenvalue weighted by atomic mass is 10.1. The minimum atomic E-state index is -0.788. The molecule has 0 aromatic heterocycles. The van der Waals surface area contributed by atoms with Gasteiger partial charge in [-0.3, -0.25) is 14.4 Å². The molecule has 6 heteroatoms. The highest BCUT2D eigenvalue weighted by Crippen LogP contribution is 2.15. The van der Waals surface area contributed by atoms with Gasteiger partial charge in [0.2, 0.25) is 0 Å². The number of esters is 3. The van der Waals surface area contributed by atoms with E-state index in [1.807, 2.05) is 0 Å². The van der Waals surface area contributed by atoms with Gasteiger partial charge in [-0.25, -0.2) is 0 Å². The predicted molar refractivity (Wildman–Crippen MR) is 352 cm³/mol. The van der Waals surface area contributed by atoms with Crippen LogP contribution in [0.15, 0.2) is 146 Å². The molecule has 0 aromatic rings. The first kappa shape index (κ1) is 76.3. The molecule has 0 amide bonds. The van der Waals surface area contributed by atoms with Gasteiger partial charge in [0.1, 0.15) is 13.2 Å². The van der Waals surface area contributed by atoms with Crippen molar-refractivity contribution in [1.29, 1.82) is 0 Å². The first-order valence-electron chi connectivity index (χ1n) is 33.3. The Hall–Kier alpha value is -4.71. The van der Waals surface area contributed by atoms with Crippen LogP contribution < -0.4 is 0 Å². The zero-order chi connectivity index (χ0) is 58.5. The van der Waals surface area contributed by atoms with Crippen molar-refractivity contribution in [2.75, 3.05) is 13.2 Å². The second-order valence-corrected chi connectivity index (χ2v) is 21.6. The largest absolute Gasteiger partial charge is 0.462 e. The minimum Gasteiger partial charge on any atom is -0.462 e. The molecule has 6 nitrogen and oxygen atoms in total. The van der Waals surface area contributed by atoms with E-state index >= 15 is 0 Å². The number of unbranched alkanes of at least 4 members (excludes halogenated alkanes) is 24. The topological polar surface area (TPSA) is 78.9 Å². The molecular formula is C75H122O6. The van der Waals surface area contributed by atoms with Crippen LogP contribution in [0.1, 0.15) is 290 Å². The molecule has 0 aromatic carbocycles. The predicted octanol–water partition coefficient (Wildman–Crippen LogP) is 23.1. The van der Waals surface area contributed by atoms with E-state index in [9.17, 15) is 14.4 Å². The molecule has 0 rings (SSSR count). The van der Waals surface area contributed by atoms with E-state index in [2.05, 4.69) is 167 Å². The average Bonchev–Trinajstić information content (AvgIpc) is 3.47. The van der Waals surface area contributed by atoms with Gasteiger partial charge in [-0.05, 0) is 122 Å². The van der Waals surface area contributed by atoms with E-state index < -0.39 is 6.10 Å². The van der Waals surface area contributed by atoms with Crippen molar-refractivity contribution >= 4 is 17.9 Å². The van der Waals surface area contributed by atoms with Gasteiger partial charge in [0.15, 0.2) is 6.10 Å². The van der Waals surface area contributed by atoms with Crippen LogP contribution in [0, 0.1) is 0 Å². The number of rotatable bonds is 59. The van der Waals surface area contributed by atoms with Crippen molar-refractivity contribution in [3.8, 4) is 0 Å². The maximum absolute atomic E-state index is 12.9. The van der Waals surface area contributed by atoms with Crippen LogP contribution in [-0.4, -0.2) is 37.2 Å². The molecule has 1 unspecified atom stereocenters. The number of ether oxygens (including phenoxy) is 3. The lowest BCUT2D eigenvalue weighted by molar-refractivity contribution is -0.167. The van der Waals surface area contributed by atoms with Crippen molar-refractivity contribution in [3.05, 3.63) is 146 Å². The molecule has 0 radical (unpaired) electrons. The molecule has 0 spiro atoms. The summed E-state index contributed by atoms with van der Waals surface area (Å²) in [4.78, 5) is 38.2. The third-order valence-corrected chi connectivity index (χ3v) is 13.8. The van der Waals surface area contributed by atoms with Crippen LogP contribution in [-0.2, 0) is 28.6 Å². The molecule has 0 saturated heterocycles. The van der Waals surface area contributed by atoms with Gasteiger partial charge in [-0.2, -0.15) is 0 Å². The summed E-state index contributed by atoms with van der Waals surface area (Å²) in [5, 5.41) is 0. The summed E-state index contributed by atoms with van der Waals surface area (Å²) in [6.07, 6.45) is 97.4. The molecule has 0 heterocycles. The molecule has 0 fully saturated rings. The summed E-state index contributed by atoms with van der Waals surface area (Å²) < 4.78 is 16.9. The van der Waals surface area contributed by atoms with Crippen LogP contribution in [0.2, 0.25) is 0 Å². The van der Waals surface area contributed by atoms with Crippen LogP contribution in [0.4, 0.5) is 0 Å². The van der Waals surface area contributed by atoms with Crippen LogP contribution >= 0.6 is 0 Å². The maximum atomic E-state index is 12.9. The van der Waals surface area contributed by atoms with Crippen LogP contribution in [0.5, 0.6) is 0 Å². The molecular weight excluding hydrogens is 997 g/mol. The van der Waals surface area contributed by atoms with Crippen molar-refractivity contribution in [2.24, 2.45) is 0 Å². The second kappa shape index (κ2) is 67.8. The number of hydrogen-bond donors (Lipinski definition) is 0. The molecule has 0 N–H and O–H groups in total. The summed E-state index contributed by atoms with van der Waals surface area (Å²) in [5.74, 6) is -0.904. The van der Waals surface area contributed by atoms with E-state index in [1.54, 1.807) is 0 Å². The van der Waals surface area contributed by atoms with E-state index in [0.29, 0.717) is 19.3 Å². The first-order chi connectivity index (χ1) is 40.0. The summed E-state index contributed by atoms with van der Waals surface area (Å²) in [5.41, 5.74) is 0. The van der Waals surface area contributed by atoms with Crippen molar-refractivity contribution in [1.82, 2.24) is 0 Å². The Kier molecular flexibility index (Phi) is 63.9. The zero-order valence-electron chi connectivity index (χ0n) is 52.5. The fourth-order valence-corrected chi connectivity index (χ4v) is 8.92. The number of carbonyl (C=O) groups is 3. The Morgan fingerprint density at radius 3 is 0.753 bits per heavy atom. The Morgan fingerprint density at radius 1 is 0.259 bits per heavy atom. The van der Waals surface area contributed by atoms with Crippen molar-refractivity contribution in [2.45, 2.75) is 297 Å². The molecule has 0 saturated carbocycles. The highest BCUT2D eigenvalue weighted by molar-refractivity contribution is 5.71. The lowest BCUT2D eigenvalue weighted by Gasteiger charge is -2.18. The third-order valence-electron chi connectivity index (χ3n) is 13.8. The minimum absolute atomic E-state index is 0.0854. The van der Waals surface area contributed by atoms with Gasteiger partial charge in [-0.15, -0.1) is 0 Å². The quantitative estimate of drug-likeness (QED) is 0.0261. The van der Waals surface area contributed by atoms with Gasteiger partial charge >= 0.3 is 17.9 Å². The molecule has 0 aliphatic carbocycles. The number of carbonyl (C=O) groups excluding carboxylic acids is 3. The third kappa shape index (κ3) is 66.0. The van der Waals surface area contributed by atoms with E-state index in [-0.39, 0.29) is 31.1 Å². The number of hydrogen-bond acceptors (Lipinski definition) is 6. The normalized spacial score (nSPS) is 13.1. The van der Waals surface area contributed by atoms with Crippen molar-refractivity contribution < 1.29 is 28.6 Å². The van der Waals surface area contributed by atoms with E-state index in [4.69, 9.17) is 14.2 Å². The van der Waals surface area contributed by atoms with Crippen LogP contribution in [0.3, 0.4) is 0 Å². The van der Waals surface area contributed by atoms with Gasteiger partial charge in [0.05, 0.1) is 0 Å². The fourth-order valence-electron chi connectivity index (χ4n) is 8.92. The van der Waals surface area contributed by atoms with Crippen LogP contribution in [0.25, 0.3) is 0 Å². The Bertz CT molecular complexity index is 1760. The average molecular weight is 1120 g/mol. The Labute approximate surface area is 499 Å². The maximum Gasteiger partial charge on any atom is 0.306 e. The second-order valence-electron chi connectivity index (χ2n) is 21.6. The Balaban J connectivity index is 4.18. The molecule has 81 heavy (non-hydrogen) atoms. The van der Waals surface area contributed by atoms with Gasteiger partial charge in [0, 0.05) is 19.3 Å². The molecule has 0 bridgehead atoms. The van der Waals surface area contributed by atoms with E-state index in [0.717, 1.165) is 141 Å². The Morgan fingerprint density at radius 2 is 0.481 bits per heavy atom. The SMILES string of the molecule is CC/C=C\C/C=C\C/C=C\C/C=C\C/C=C\C/C=C\CCCCCCCCCCCCC(=O)OCC(COC(=O)CCCCCCCCC)OC(=O)CCCCCCCCCC/C=C\C/C=C\C/C=C\C/C=C\C/C=C\C/C=C\CC. The van der Waals surface area contributed by atoms with Crippen molar-refractivity contribution in [3.63, 3.8) is 0 Å². The molecule has 0 aliphatic rings. The standard InChI is InChI=1S/C75H122O6/c1-4-7-10-13-16-18-20-22-24-26-28-30-32-34-36-37-39-40-42-44-46-48-50-52-54-56-59-62-65-68-74(77)80-71-72(70-79-73(76)67-64-61-58-15-12-9-6-3)81-75(78)69-66-63-60-57-55-53-51-49-47-45-43-41-38-35-33-31-29-27-25-23-21-19-17-14-11-8-5-2/h7-8,10-11,16-19,22-25,28-31,34-36,38-40,43,45,72H,4-6,9,12-15,20-21,26-27,32-33,37,41-42,44,46-71H2,1-3H3/b10-7-,11-8-,18-16-,19-17-,24-22-,25-23-,30-28-,31-29-,36-34-,38-35-,40-39-,45-43-. The first-order valence-corrected chi connectivity index (χ1v) is 33.3. The zero-order valence-corrected chi connectivity index (χ0v) is 52.5. The molecule has 458 valence electrons. The van der Waals surface area contributed by atoms with Gasteiger partial charge in [-0.1, -0.05) is 295 Å². The summed E-state index contributed by atoms with van der Waals surface area (Å²) in [6, 6.07) is 0. The lowest BCUT2D eigenvalue weighted by Crippen LogP contribution is -2.30. The van der Waals surface area contributed by atoms with Gasteiger partial charge in [0.25, 0.3) is 0 Å². The highest BCUT2D eigenvalue weighted by atomic mass is 16.6. The van der Waals surface area contributed by atoms with Gasteiger partial charge < -0.3 is 14.2 Å². The monoisotopic (exact) mass is 1120 g/mol. The summed E-state index contributed by atoms with van der Waals surface area (Å²) >= 11 is 0.